The summed E-state index contributed by atoms with van der Waals surface area (Å²) in [5, 5.41) is 4.68. The average molecular weight is 232 g/mol. The number of nitrogens with zero attached hydrogens (tertiary/aromatic N) is 3. The topological polar surface area (TPSA) is 31.4 Å². The van der Waals surface area contributed by atoms with Crippen molar-refractivity contribution in [1.29, 1.82) is 0 Å². The summed E-state index contributed by atoms with van der Waals surface area (Å²) in [6.07, 6.45) is 7.27. The SMILES string of the molecule is C1CCN(NN2CCCC2)C1.c1cc2cc-2n1. The van der Waals surface area contributed by atoms with E-state index >= 15 is 0 Å². The van der Waals surface area contributed by atoms with E-state index < -0.39 is 0 Å². The first-order chi connectivity index (χ1) is 8.42. The van der Waals surface area contributed by atoms with Gasteiger partial charge in [0.25, 0.3) is 0 Å². The van der Waals surface area contributed by atoms with E-state index in [0.717, 1.165) is 0 Å². The Hall–Kier alpha value is -0.970. The fourth-order valence-electron chi connectivity index (χ4n) is 2.39. The number of pyridine rings is 1. The molecular formula is C13H20N4. The molecule has 0 amide bonds. The highest BCUT2D eigenvalue weighted by molar-refractivity contribution is 5.75. The smallest absolute Gasteiger partial charge is 0.0710 e. The van der Waals surface area contributed by atoms with Gasteiger partial charge in [-0.25, -0.2) is 10.0 Å². The quantitative estimate of drug-likeness (QED) is 0.853. The van der Waals surface area contributed by atoms with Gasteiger partial charge < -0.3 is 0 Å². The Morgan fingerprint density at radius 1 is 0.941 bits per heavy atom. The molecule has 2 saturated heterocycles. The maximum absolute atomic E-state index is 3.95. The third-order valence-corrected chi connectivity index (χ3v) is 3.47. The van der Waals surface area contributed by atoms with Crippen LogP contribution >= 0.6 is 0 Å². The Kier molecular flexibility index (Phi) is 3.36. The summed E-state index contributed by atoms with van der Waals surface area (Å²) in [6.45, 7) is 4.93. The average Bonchev–Trinajstić information content (AvgIpc) is 2.90. The van der Waals surface area contributed by atoms with Crippen molar-refractivity contribution < 1.29 is 0 Å². The second-order valence-electron chi connectivity index (χ2n) is 4.92. The van der Waals surface area contributed by atoms with Gasteiger partial charge in [0.1, 0.15) is 0 Å². The third kappa shape index (κ3) is 3.03. The van der Waals surface area contributed by atoms with E-state index in [-0.39, 0.29) is 0 Å². The van der Waals surface area contributed by atoms with Crippen LogP contribution in [0.15, 0.2) is 18.3 Å². The molecule has 4 heteroatoms. The van der Waals surface area contributed by atoms with Crippen LogP contribution in [-0.4, -0.2) is 41.2 Å². The van der Waals surface area contributed by atoms with Crippen LogP contribution in [0.3, 0.4) is 0 Å². The lowest BCUT2D eigenvalue weighted by Crippen LogP contribution is -2.46. The number of aromatic nitrogens is 1. The molecule has 1 N–H and O–H groups in total. The zero-order chi connectivity index (χ0) is 11.5. The van der Waals surface area contributed by atoms with Gasteiger partial charge in [-0.15, -0.1) is 0 Å². The molecule has 0 aromatic heterocycles. The molecule has 1 aliphatic carbocycles. The van der Waals surface area contributed by atoms with Gasteiger partial charge in [-0.1, -0.05) is 0 Å². The predicted octanol–water partition coefficient (Wildman–Crippen LogP) is 1.66. The van der Waals surface area contributed by atoms with Crippen molar-refractivity contribution in [2.45, 2.75) is 25.7 Å². The maximum atomic E-state index is 3.95. The molecule has 92 valence electrons. The third-order valence-electron chi connectivity index (χ3n) is 3.47. The molecule has 0 saturated carbocycles. The van der Waals surface area contributed by atoms with Crippen LogP contribution in [0, 0.1) is 0 Å². The highest BCUT2D eigenvalue weighted by Crippen LogP contribution is 2.29. The van der Waals surface area contributed by atoms with Crippen LogP contribution in [0.2, 0.25) is 0 Å². The fraction of sp³-hybridized carbons (Fsp3) is 0.615. The summed E-state index contributed by atoms with van der Waals surface area (Å²) < 4.78 is 0. The van der Waals surface area contributed by atoms with E-state index in [1.807, 2.05) is 12.3 Å². The highest BCUT2D eigenvalue weighted by atomic mass is 15.8. The Balaban J connectivity index is 0.000000125. The molecule has 4 rings (SSSR count). The van der Waals surface area contributed by atoms with Crippen molar-refractivity contribution >= 4 is 0 Å². The minimum absolute atomic E-state index is 1.18. The zero-order valence-electron chi connectivity index (χ0n) is 10.2. The van der Waals surface area contributed by atoms with Gasteiger partial charge in [0.2, 0.25) is 0 Å². The van der Waals surface area contributed by atoms with Crippen molar-refractivity contribution in [2.24, 2.45) is 0 Å². The van der Waals surface area contributed by atoms with Gasteiger partial charge in [-0.05, 0) is 37.8 Å². The number of hydrogen-bond donors (Lipinski definition) is 1. The molecule has 4 nitrogen and oxygen atoms in total. The number of nitrogens with one attached hydrogen (secondary N) is 1. The first-order valence-electron chi connectivity index (χ1n) is 6.64. The van der Waals surface area contributed by atoms with Crippen molar-refractivity contribution in [3.05, 3.63) is 18.3 Å². The molecule has 0 atom stereocenters. The van der Waals surface area contributed by atoms with Gasteiger partial charge in [0, 0.05) is 37.9 Å². The molecule has 3 heterocycles. The fourth-order valence-corrected chi connectivity index (χ4v) is 2.39. The normalized spacial score (nSPS) is 22.4. The molecule has 0 spiro atoms. The summed E-state index contributed by atoms with van der Waals surface area (Å²) >= 11 is 0. The van der Waals surface area contributed by atoms with Crippen LogP contribution in [0.25, 0.3) is 11.3 Å². The van der Waals surface area contributed by atoms with Crippen molar-refractivity contribution in [3.8, 4) is 11.3 Å². The first kappa shape index (κ1) is 11.1. The molecule has 3 aliphatic heterocycles. The molecule has 2 fully saturated rings. The lowest BCUT2D eigenvalue weighted by Gasteiger charge is -2.24. The summed E-state index contributed by atoms with van der Waals surface area (Å²) in [7, 11) is 0. The van der Waals surface area contributed by atoms with Gasteiger partial charge >= 0.3 is 0 Å². The summed E-state index contributed by atoms with van der Waals surface area (Å²) in [5.41, 5.74) is 5.94. The van der Waals surface area contributed by atoms with Crippen LogP contribution in [-0.2, 0) is 0 Å². The molecule has 4 aliphatic rings. The van der Waals surface area contributed by atoms with Crippen molar-refractivity contribution in [1.82, 2.24) is 20.5 Å². The lowest BCUT2D eigenvalue weighted by molar-refractivity contribution is 0.0611. The monoisotopic (exact) mass is 232 g/mol. The lowest BCUT2D eigenvalue weighted by atomic mass is 10.4. The second kappa shape index (κ2) is 5.12. The summed E-state index contributed by atoms with van der Waals surface area (Å²) in [5.74, 6) is 0. The van der Waals surface area contributed by atoms with E-state index in [2.05, 4.69) is 26.6 Å². The van der Waals surface area contributed by atoms with E-state index in [9.17, 15) is 0 Å². The van der Waals surface area contributed by atoms with E-state index in [0.29, 0.717) is 0 Å². The van der Waals surface area contributed by atoms with E-state index in [1.54, 1.807) is 0 Å². The van der Waals surface area contributed by atoms with Crippen LogP contribution in [0.1, 0.15) is 25.7 Å². The maximum Gasteiger partial charge on any atom is 0.0710 e. The summed E-state index contributed by atoms with van der Waals surface area (Å²) in [4.78, 5) is 3.95. The number of rotatable bonds is 2. The number of hydrazine groups is 2. The Bertz CT molecular complexity index is 336. The standard InChI is InChI=1S/C8H17N3.C5H3N/c1-2-6-10(5-1)9-11-7-3-4-8-11;1-2-6-5-3-4(1)5/h9H,1-8H2;1-3H. The van der Waals surface area contributed by atoms with Crippen molar-refractivity contribution in [3.63, 3.8) is 0 Å². The Labute approximate surface area is 103 Å². The molecule has 0 aromatic carbocycles. The molecule has 0 aromatic rings. The largest absolute Gasteiger partial charge is 0.256 e. The number of fused-ring (bicyclic) bond motifs is 1. The molecule has 0 bridgehead atoms. The van der Waals surface area contributed by atoms with E-state index in [4.69, 9.17) is 0 Å². The van der Waals surface area contributed by atoms with Crippen LogP contribution in [0.4, 0.5) is 0 Å². The Morgan fingerprint density at radius 3 is 1.82 bits per heavy atom. The highest BCUT2D eigenvalue weighted by Gasteiger charge is 2.16. The molecule has 0 radical (unpaired) electrons. The van der Waals surface area contributed by atoms with E-state index in [1.165, 1.54) is 63.1 Å². The molecule has 17 heavy (non-hydrogen) atoms. The molecule has 0 unspecified atom stereocenters. The second-order valence-corrected chi connectivity index (χ2v) is 4.92. The first-order valence-corrected chi connectivity index (χ1v) is 6.64. The minimum atomic E-state index is 1.18. The minimum Gasteiger partial charge on any atom is -0.256 e. The van der Waals surface area contributed by atoms with Crippen LogP contribution < -0.4 is 5.53 Å². The predicted molar refractivity (Wildman–Crippen MR) is 68.0 cm³/mol. The number of hydrogen-bond acceptors (Lipinski definition) is 4. The van der Waals surface area contributed by atoms with Crippen LogP contribution in [0.5, 0.6) is 0 Å². The van der Waals surface area contributed by atoms with Crippen molar-refractivity contribution in [2.75, 3.05) is 26.2 Å². The Morgan fingerprint density at radius 2 is 1.53 bits per heavy atom. The van der Waals surface area contributed by atoms with Gasteiger partial charge in [0.05, 0.1) is 5.69 Å². The van der Waals surface area contributed by atoms with Gasteiger partial charge in [-0.3, -0.25) is 4.98 Å². The zero-order valence-corrected chi connectivity index (χ0v) is 10.2. The van der Waals surface area contributed by atoms with Gasteiger partial charge in [-0.2, -0.15) is 5.53 Å². The van der Waals surface area contributed by atoms with Gasteiger partial charge in [0.15, 0.2) is 0 Å². The molecular weight excluding hydrogens is 212 g/mol. The summed E-state index contributed by atoms with van der Waals surface area (Å²) in [6, 6.07) is 4.06.